The molecular formula is C17H24N6O3S. The maximum absolute atomic E-state index is 12.7. The highest BCUT2D eigenvalue weighted by Crippen LogP contribution is 2.26. The van der Waals surface area contributed by atoms with Crippen molar-refractivity contribution < 1.29 is 14.3 Å². The minimum absolute atomic E-state index is 0.0582. The van der Waals surface area contributed by atoms with Crippen molar-refractivity contribution in [3.05, 3.63) is 28.0 Å². The van der Waals surface area contributed by atoms with Crippen molar-refractivity contribution in [2.45, 2.75) is 51.7 Å². The number of rotatable bonds is 7. The summed E-state index contributed by atoms with van der Waals surface area (Å²) in [5.74, 6) is -0.267. The molecule has 0 radical (unpaired) electrons. The molecule has 2 aromatic rings. The maximum Gasteiger partial charge on any atom is 0.325 e. The van der Waals surface area contributed by atoms with Crippen LogP contribution in [0.5, 0.6) is 0 Å². The van der Waals surface area contributed by atoms with Crippen molar-refractivity contribution in [3.63, 3.8) is 0 Å². The van der Waals surface area contributed by atoms with Crippen LogP contribution in [-0.2, 0) is 34.5 Å². The van der Waals surface area contributed by atoms with Crippen LogP contribution in [-0.4, -0.2) is 56.6 Å². The van der Waals surface area contributed by atoms with Gasteiger partial charge >= 0.3 is 6.03 Å². The van der Waals surface area contributed by atoms with E-state index in [4.69, 9.17) is 4.74 Å². The molecule has 1 aliphatic heterocycles. The van der Waals surface area contributed by atoms with Gasteiger partial charge in [-0.2, -0.15) is 0 Å². The first kappa shape index (κ1) is 19.4. The molecule has 27 heavy (non-hydrogen) atoms. The van der Waals surface area contributed by atoms with Crippen LogP contribution in [0.2, 0.25) is 0 Å². The van der Waals surface area contributed by atoms with Crippen LogP contribution in [0.1, 0.15) is 37.2 Å². The van der Waals surface area contributed by atoms with E-state index in [1.165, 1.54) is 4.90 Å². The van der Waals surface area contributed by atoms with Gasteiger partial charge in [0.15, 0.2) is 0 Å². The van der Waals surface area contributed by atoms with Crippen LogP contribution in [0, 0.1) is 0 Å². The standard InChI is InChI=1S/C17H24N6O3S/c1-17(2,3)15-18-12(10-27-15)9-23-14(24)13(19-16(23)25)7-11-8-22(21-20-11)5-6-26-4/h8,10,13H,5-7,9H2,1-4H3,(H,19,25). The van der Waals surface area contributed by atoms with E-state index in [0.717, 1.165) is 10.7 Å². The van der Waals surface area contributed by atoms with E-state index in [0.29, 0.717) is 25.3 Å². The van der Waals surface area contributed by atoms with E-state index in [-0.39, 0.29) is 17.9 Å². The number of nitrogens with zero attached hydrogens (tertiary/aromatic N) is 5. The second-order valence-electron chi connectivity index (χ2n) is 7.49. The first-order chi connectivity index (χ1) is 12.8. The smallest absolute Gasteiger partial charge is 0.325 e. The zero-order valence-electron chi connectivity index (χ0n) is 15.9. The first-order valence-electron chi connectivity index (χ1n) is 8.72. The summed E-state index contributed by atoms with van der Waals surface area (Å²) in [6.07, 6.45) is 2.06. The molecule has 1 aliphatic rings. The Kier molecular flexibility index (Phi) is 5.56. The number of carbonyl (C=O) groups is 2. The lowest BCUT2D eigenvalue weighted by Gasteiger charge is -2.14. The van der Waals surface area contributed by atoms with Gasteiger partial charge in [0.2, 0.25) is 0 Å². The van der Waals surface area contributed by atoms with Crippen molar-refractivity contribution >= 4 is 23.3 Å². The summed E-state index contributed by atoms with van der Waals surface area (Å²) in [5, 5.41) is 13.7. The Labute approximate surface area is 161 Å². The van der Waals surface area contributed by atoms with Gasteiger partial charge in [-0.15, -0.1) is 16.4 Å². The van der Waals surface area contributed by atoms with Crippen molar-refractivity contribution in [2.75, 3.05) is 13.7 Å². The second kappa shape index (κ2) is 7.73. The second-order valence-corrected chi connectivity index (χ2v) is 8.35. The molecule has 3 heterocycles. The lowest BCUT2D eigenvalue weighted by Crippen LogP contribution is -2.32. The number of methoxy groups -OCH3 is 1. The molecule has 1 atom stereocenters. The number of aromatic nitrogens is 4. The molecule has 1 unspecified atom stereocenters. The number of imide groups is 1. The fourth-order valence-corrected chi connectivity index (χ4v) is 3.58. The topological polar surface area (TPSA) is 102 Å². The van der Waals surface area contributed by atoms with Gasteiger partial charge in [-0.1, -0.05) is 26.0 Å². The highest BCUT2D eigenvalue weighted by atomic mass is 32.1. The zero-order chi connectivity index (χ0) is 19.6. The first-order valence-corrected chi connectivity index (χ1v) is 9.60. The van der Waals surface area contributed by atoms with Crippen LogP contribution in [0.15, 0.2) is 11.6 Å². The lowest BCUT2D eigenvalue weighted by molar-refractivity contribution is -0.127. The number of hydrogen-bond donors (Lipinski definition) is 1. The Bertz CT molecular complexity index is 825. The normalized spacial score (nSPS) is 17.6. The molecule has 10 heteroatoms. The third-order valence-electron chi connectivity index (χ3n) is 4.14. The molecule has 0 spiro atoms. The van der Waals surface area contributed by atoms with Crippen LogP contribution < -0.4 is 5.32 Å². The number of amides is 3. The number of hydrogen-bond acceptors (Lipinski definition) is 7. The van der Waals surface area contributed by atoms with Crippen molar-refractivity contribution in [1.29, 1.82) is 0 Å². The maximum atomic E-state index is 12.7. The van der Waals surface area contributed by atoms with Crippen LogP contribution in [0.4, 0.5) is 4.79 Å². The van der Waals surface area contributed by atoms with Gasteiger partial charge in [0.25, 0.3) is 5.91 Å². The molecular weight excluding hydrogens is 368 g/mol. The molecule has 0 saturated carbocycles. The summed E-state index contributed by atoms with van der Waals surface area (Å²) < 4.78 is 6.66. The average molecular weight is 392 g/mol. The predicted molar refractivity (Wildman–Crippen MR) is 99.3 cm³/mol. The molecule has 146 valence electrons. The van der Waals surface area contributed by atoms with Crippen molar-refractivity contribution in [1.82, 2.24) is 30.2 Å². The number of ether oxygens (including phenoxy) is 1. The number of urea groups is 1. The van der Waals surface area contributed by atoms with Crippen LogP contribution in [0.25, 0.3) is 0 Å². The molecule has 0 aliphatic carbocycles. The molecule has 0 bridgehead atoms. The van der Waals surface area contributed by atoms with Gasteiger partial charge in [0.05, 0.1) is 36.1 Å². The molecule has 3 rings (SSSR count). The minimum Gasteiger partial charge on any atom is -0.383 e. The summed E-state index contributed by atoms with van der Waals surface area (Å²) in [7, 11) is 1.62. The lowest BCUT2D eigenvalue weighted by atomic mass is 9.98. The number of nitrogens with one attached hydrogen (secondary N) is 1. The predicted octanol–water partition coefficient (Wildman–Crippen LogP) is 1.34. The Balaban J connectivity index is 1.63. The molecule has 2 aromatic heterocycles. The van der Waals surface area contributed by atoms with E-state index in [1.807, 2.05) is 5.38 Å². The third-order valence-corrected chi connectivity index (χ3v) is 5.46. The highest BCUT2D eigenvalue weighted by molar-refractivity contribution is 7.09. The van der Waals surface area contributed by atoms with Crippen LogP contribution in [0.3, 0.4) is 0 Å². The van der Waals surface area contributed by atoms with Gasteiger partial charge in [0, 0.05) is 30.5 Å². The quantitative estimate of drug-likeness (QED) is 0.714. The molecule has 1 N–H and O–H groups in total. The van der Waals surface area contributed by atoms with Crippen molar-refractivity contribution in [3.8, 4) is 0 Å². The van der Waals surface area contributed by atoms with E-state index >= 15 is 0 Å². The SMILES string of the molecule is COCCn1cc(CC2NC(=O)N(Cc3csc(C(C)(C)C)n3)C2=O)nn1. The molecule has 3 amide bonds. The molecule has 1 saturated heterocycles. The van der Waals surface area contributed by atoms with Gasteiger partial charge < -0.3 is 10.1 Å². The van der Waals surface area contributed by atoms with E-state index < -0.39 is 12.1 Å². The van der Waals surface area contributed by atoms with E-state index in [2.05, 4.69) is 41.4 Å². The minimum atomic E-state index is -0.634. The van der Waals surface area contributed by atoms with Gasteiger partial charge in [0.1, 0.15) is 6.04 Å². The highest BCUT2D eigenvalue weighted by Gasteiger charge is 2.38. The van der Waals surface area contributed by atoms with Crippen molar-refractivity contribution in [2.24, 2.45) is 0 Å². The van der Waals surface area contributed by atoms with Crippen LogP contribution >= 0.6 is 11.3 Å². The summed E-state index contributed by atoms with van der Waals surface area (Å²) in [6, 6.07) is -1.03. The van der Waals surface area contributed by atoms with Gasteiger partial charge in [-0.05, 0) is 0 Å². The Morgan fingerprint density at radius 2 is 2.07 bits per heavy atom. The Hall–Kier alpha value is -2.33. The van der Waals surface area contributed by atoms with Gasteiger partial charge in [-0.25, -0.2) is 14.5 Å². The third kappa shape index (κ3) is 4.51. The summed E-state index contributed by atoms with van der Waals surface area (Å²) in [5.41, 5.74) is 1.31. The van der Waals surface area contributed by atoms with E-state index in [1.54, 1.807) is 29.3 Å². The summed E-state index contributed by atoms with van der Waals surface area (Å²) in [6.45, 7) is 7.53. The Morgan fingerprint density at radius 1 is 1.30 bits per heavy atom. The average Bonchev–Trinajstić information content (AvgIpc) is 3.30. The Morgan fingerprint density at radius 3 is 2.74 bits per heavy atom. The summed E-state index contributed by atoms with van der Waals surface area (Å²) in [4.78, 5) is 30.7. The van der Waals surface area contributed by atoms with E-state index in [9.17, 15) is 9.59 Å². The fraction of sp³-hybridized carbons (Fsp3) is 0.588. The van der Waals surface area contributed by atoms with Gasteiger partial charge in [-0.3, -0.25) is 9.69 Å². The zero-order valence-corrected chi connectivity index (χ0v) is 16.7. The molecule has 0 aromatic carbocycles. The molecule has 1 fully saturated rings. The molecule has 9 nitrogen and oxygen atoms in total. The number of carbonyl (C=O) groups excluding carboxylic acids is 2. The largest absolute Gasteiger partial charge is 0.383 e. The summed E-state index contributed by atoms with van der Waals surface area (Å²) >= 11 is 1.54. The fourth-order valence-electron chi connectivity index (χ4n) is 2.69. The monoisotopic (exact) mass is 392 g/mol. The number of thiazole rings is 1.